The Morgan fingerprint density at radius 3 is 2.72 bits per heavy atom. The number of nitrogens with one attached hydrogen (secondary N) is 1. The Hall–Kier alpha value is -2.00. The van der Waals surface area contributed by atoms with Crippen LogP contribution in [0.5, 0.6) is 0 Å². The molecule has 134 valence electrons. The average molecular weight is 363 g/mol. The molecule has 0 spiro atoms. The van der Waals surface area contributed by atoms with Gasteiger partial charge in [-0.2, -0.15) is 14.5 Å². The third-order valence-electron chi connectivity index (χ3n) is 5.04. The van der Waals surface area contributed by atoms with E-state index in [1.54, 1.807) is 19.9 Å². The minimum absolute atomic E-state index is 0.0940. The molecular weight excluding hydrogens is 342 g/mol. The van der Waals surface area contributed by atoms with Crippen LogP contribution in [-0.2, 0) is 29.4 Å². The second-order valence-corrected chi connectivity index (χ2v) is 8.82. The number of sulfonamides is 1. The Morgan fingerprint density at radius 2 is 2.04 bits per heavy atom. The highest BCUT2D eigenvalue weighted by Gasteiger charge is 2.39. The highest BCUT2D eigenvalue weighted by atomic mass is 32.2. The molecule has 8 nitrogen and oxygen atoms in total. The molecule has 2 aliphatic rings. The van der Waals surface area contributed by atoms with Crippen LogP contribution >= 0.6 is 0 Å². The van der Waals surface area contributed by atoms with Crippen molar-refractivity contribution in [3.8, 4) is 0 Å². The zero-order chi connectivity index (χ0) is 17.8. The summed E-state index contributed by atoms with van der Waals surface area (Å²) in [5, 5.41) is 11.1. The fourth-order valence-corrected chi connectivity index (χ4v) is 5.62. The van der Waals surface area contributed by atoms with Gasteiger partial charge in [0.05, 0.1) is 23.6 Å². The maximum Gasteiger partial charge on any atom is 0.267 e. The van der Waals surface area contributed by atoms with Crippen LogP contribution in [0, 0.1) is 19.8 Å². The quantitative estimate of drug-likeness (QED) is 0.847. The van der Waals surface area contributed by atoms with Gasteiger partial charge >= 0.3 is 0 Å². The molecule has 9 heteroatoms. The molecule has 0 radical (unpaired) electrons. The molecular formula is C16H21N5O3S. The first-order valence-corrected chi connectivity index (χ1v) is 9.92. The van der Waals surface area contributed by atoms with Crippen molar-refractivity contribution in [3.63, 3.8) is 0 Å². The van der Waals surface area contributed by atoms with Crippen molar-refractivity contribution >= 4 is 10.0 Å². The van der Waals surface area contributed by atoms with Crippen molar-refractivity contribution < 1.29 is 8.42 Å². The number of H-pyrrole nitrogens is 1. The van der Waals surface area contributed by atoms with Crippen LogP contribution in [0.3, 0.4) is 0 Å². The number of aromatic nitrogens is 4. The Labute approximate surface area is 145 Å². The highest BCUT2D eigenvalue weighted by molar-refractivity contribution is 7.89. The number of rotatable bonds is 4. The largest absolute Gasteiger partial charge is 0.281 e. The van der Waals surface area contributed by atoms with Crippen LogP contribution in [0.25, 0.3) is 0 Å². The summed E-state index contributed by atoms with van der Waals surface area (Å²) in [6.45, 7) is 4.65. The molecule has 0 unspecified atom stereocenters. The summed E-state index contributed by atoms with van der Waals surface area (Å²) in [5.74, 6) is 0.104. The number of aromatic amines is 1. The minimum atomic E-state index is -3.53. The topological polar surface area (TPSA) is 101 Å². The molecule has 1 saturated heterocycles. The van der Waals surface area contributed by atoms with Crippen LogP contribution in [0.4, 0.5) is 0 Å². The van der Waals surface area contributed by atoms with Crippen LogP contribution in [0.2, 0.25) is 0 Å². The van der Waals surface area contributed by atoms with Crippen LogP contribution in [0.1, 0.15) is 29.1 Å². The van der Waals surface area contributed by atoms with Gasteiger partial charge in [-0.25, -0.2) is 13.1 Å². The molecule has 1 aliphatic carbocycles. The van der Waals surface area contributed by atoms with Crippen LogP contribution in [-0.4, -0.2) is 45.8 Å². The monoisotopic (exact) mass is 363 g/mol. The summed E-state index contributed by atoms with van der Waals surface area (Å²) in [6, 6.07) is 1.68. The lowest BCUT2D eigenvalue weighted by atomic mass is 10.0. The molecule has 2 aromatic heterocycles. The summed E-state index contributed by atoms with van der Waals surface area (Å²) < 4.78 is 28.4. The number of hydrogen-bond donors (Lipinski definition) is 1. The van der Waals surface area contributed by atoms with Crippen LogP contribution in [0.15, 0.2) is 15.8 Å². The number of aryl methyl sites for hydroxylation is 4. The highest BCUT2D eigenvalue weighted by Crippen LogP contribution is 2.28. The molecule has 0 atom stereocenters. The van der Waals surface area contributed by atoms with Crippen molar-refractivity contribution in [2.24, 2.45) is 5.92 Å². The smallest absolute Gasteiger partial charge is 0.267 e. The normalized spacial score (nSPS) is 18.3. The van der Waals surface area contributed by atoms with E-state index in [4.69, 9.17) is 0 Å². The molecule has 0 amide bonds. The van der Waals surface area contributed by atoms with Crippen molar-refractivity contribution in [1.82, 2.24) is 24.3 Å². The molecule has 1 N–H and O–H groups in total. The third kappa shape index (κ3) is 2.71. The summed E-state index contributed by atoms with van der Waals surface area (Å²) in [5.41, 5.74) is 3.01. The van der Waals surface area contributed by atoms with Gasteiger partial charge in [-0.05, 0) is 38.7 Å². The van der Waals surface area contributed by atoms with E-state index in [1.807, 2.05) is 0 Å². The van der Waals surface area contributed by atoms with Crippen molar-refractivity contribution in [2.45, 2.75) is 44.6 Å². The lowest BCUT2D eigenvalue weighted by molar-refractivity contribution is 0.172. The molecule has 3 heterocycles. The molecule has 25 heavy (non-hydrogen) atoms. The predicted octanol–water partition coefficient (Wildman–Crippen LogP) is 0.393. The molecule has 0 aromatic carbocycles. The zero-order valence-corrected chi connectivity index (χ0v) is 15.1. The third-order valence-corrected chi connectivity index (χ3v) is 7.13. The van der Waals surface area contributed by atoms with Gasteiger partial charge < -0.3 is 0 Å². The maximum atomic E-state index is 12.7. The molecule has 1 aliphatic heterocycles. The summed E-state index contributed by atoms with van der Waals surface area (Å²) in [6.07, 6.45) is 2.89. The van der Waals surface area contributed by atoms with Crippen molar-refractivity contribution in [3.05, 3.63) is 39.1 Å². The summed E-state index contributed by atoms with van der Waals surface area (Å²) >= 11 is 0. The Bertz CT molecular complexity index is 966. The van der Waals surface area contributed by atoms with Gasteiger partial charge in [-0.1, -0.05) is 0 Å². The zero-order valence-electron chi connectivity index (χ0n) is 14.3. The lowest BCUT2D eigenvalue weighted by Gasteiger charge is -2.38. The molecule has 2 aromatic rings. The first-order valence-electron chi connectivity index (χ1n) is 8.48. The fourth-order valence-electron chi connectivity index (χ4n) is 3.70. The van der Waals surface area contributed by atoms with E-state index in [1.165, 1.54) is 8.99 Å². The van der Waals surface area contributed by atoms with Gasteiger partial charge in [-0.3, -0.25) is 9.89 Å². The van der Waals surface area contributed by atoms with Gasteiger partial charge in [0.2, 0.25) is 10.0 Å². The first kappa shape index (κ1) is 16.5. The Balaban J connectivity index is 1.47. The fraction of sp³-hybridized carbons (Fsp3) is 0.562. The standard InChI is InChI=1S/C16H21N5O3S/c1-10-16(11(2)18-17-10)25(23,24)20-7-12(8-20)9-21-15(22)6-13-4-3-5-14(13)19-21/h6,12H,3-5,7-9H2,1-2H3,(H,17,18). The number of fused-ring (bicyclic) bond motifs is 1. The van der Waals surface area contributed by atoms with E-state index in [-0.39, 0.29) is 16.4 Å². The lowest BCUT2D eigenvalue weighted by Crippen LogP contribution is -2.52. The molecule has 1 fully saturated rings. The number of hydrogen-bond acceptors (Lipinski definition) is 5. The van der Waals surface area contributed by atoms with E-state index >= 15 is 0 Å². The van der Waals surface area contributed by atoms with Gasteiger partial charge in [0.25, 0.3) is 5.56 Å². The minimum Gasteiger partial charge on any atom is -0.281 e. The van der Waals surface area contributed by atoms with E-state index in [9.17, 15) is 13.2 Å². The van der Waals surface area contributed by atoms with E-state index < -0.39 is 10.0 Å². The first-order chi connectivity index (χ1) is 11.9. The van der Waals surface area contributed by atoms with Gasteiger partial charge in [0.15, 0.2) is 0 Å². The molecule has 0 saturated carbocycles. The Kier molecular flexibility index (Phi) is 3.80. The molecule has 0 bridgehead atoms. The number of nitrogens with zero attached hydrogens (tertiary/aromatic N) is 4. The van der Waals surface area contributed by atoms with Gasteiger partial charge in [-0.15, -0.1) is 0 Å². The van der Waals surface area contributed by atoms with Gasteiger partial charge in [0, 0.05) is 25.1 Å². The van der Waals surface area contributed by atoms with E-state index in [0.29, 0.717) is 31.0 Å². The van der Waals surface area contributed by atoms with Crippen LogP contribution < -0.4 is 5.56 Å². The maximum absolute atomic E-state index is 12.7. The van der Waals surface area contributed by atoms with E-state index in [2.05, 4.69) is 15.3 Å². The van der Waals surface area contributed by atoms with Crippen molar-refractivity contribution in [1.29, 1.82) is 0 Å². The predicted molar refractivity (Wildman–Crippen MR) is 90.8 cm³/mol. The molecule has 4 rings (SSSR count). The SMILES string of the molecule is Cc1n[nH]c(C)c1S(=O)(=O)N1CC(Cn2nc3c(cc2=O)CCC3)C1. The second kappa shape index (κ2) is 5.77. The summed E-state index contributed by atoms with van der Waals surface area (Å²) in [4.78, 5) is 12.4. The average Bonchev–Trinajstić information content (AvgIpc) is 3.08. The summed E-state index contributed by atoms with van der Waals surface area (Å²) in [7, 11) is -3.53. The second-order valence-electron chi connectivity index (χ2n) is 6.94. The van der Waals surface area contributed by atoms with Crippen molar-refractivity contribution in [2.75, 3.05) is 13.1 Å². The van der Waals surface area contributed by atoms with Gasteiger partial charge in [0.1, 0.15) is 4.90 Å². The Morgan fingerprint density at radius 1 is 1.28 bits per heavy atom. The van der Waals surface area contributed by atoms with E-state index in [0.717, 1.165) is 30.5 Å².